The van der Waals surface area contributed by atoms with Gasteiger partial charge in [-0.2, -0.15) is 0 Å². The lowest BCUT2D eigenvalue weighted by atomic mass is 10.0. The second kappa shape index (κ2) is 35.2. The van der Waals surface area contributed by atoms with Gasteiger partial charge in [-0.05, 0) is 44.8 Å². The summed E-state index contributed by atoms with van der Waals surface area (Å²) in [5.41, 5.74) is 0. The summed E-state index contributed by atoms with van der Waals surface area (Å²) in [5.74, 6) is 0.884. The maximum absolute atomic E-state index is 2.85. The molecule has 0 heterocycles. The van der Waals surface area contributed by atoms with Crippen molar-refractivity contribution in [3.63, 3.8) is 0 Å². The van der Waals surface area contributed by atoms with Gasteiger partial charge in [0.25, 0.3) is 0 Å². The number of unbranched alkanes of at least 4 members (excludes halogenated alkanes) is 27. The highest BCUT2D eigenvalue weighted by atomic mass is 15.1. The molecule has 0 aromatic rings. The van der Waals surface area contributed by atoms with Crippen LogP contribution in [0, 0.1) is 5.92 Å². The van der Waals surface area contributed by atoms with E-state index in [0.717, 1.165) is 5.92 Å². The largest absolute Gasteiger partial charge is 0.303 e. The van der Waals surface area contributed by atoms with Crippen molar-refractivity contribution in [2.75, 3.05) is 19.6 Å². The van der Waals surface area contributed by atoms with Crippen molar-refractivity contribution < 1.29 is 0 Å². The Morgan fingerprint density at radius 1 is 0.300 bits per heavy atom. The third-order valence-corrected chi connectivity index (χ3v) is 9.16. The quantitative estimate of drug-likeness (QED) is 0.0693. The minimum Gasteiger partial charge on any atom is -0.303 e. The van der Waals surface area contributed by atoms with Gasteiger partial charge in [0.15, 0.2) is 0 Å². The molecule has 0 aromatic heterocycles. The molecule has 0 N–H and O–H groups in total. The van der Waals surface area contributed by atoms with Crippen LogP contribution in [0.3, 0.4) is 0 Å². The van der Waals surface area contributed by atoms with Crippen molar-refractivity contribution in [3.05, 3.63) is 0 Å². The molecule has 0 unspecified atom stereocenters. The first-order valence-corrected chi connectivity index (χ1v) is 19.4. The zero-order chi connectivity index (χ0) is 29.2. The Morgan fingerprint density at radius 2 is 0.525 bits per heavy atom. The first-order chi connectivity index (χ1) is 19.7. The van der Waals surface area contributed by atoms with E-state index in [1.165, 1.54) is 219 Å². The molecule has 0 saturated carbocycles. The molecule has 0 fully saturated rings. The Kier molecular flexibility index (Phi) is 35.1. The standard InChI is InChI=1S/C39H81N/c1-5-7-9-11-13-15-17-19-21-24-28-32-36-40(38-34-30-26-23-27-31-35-39(3)4)37-33-29-25-22-20-18-16-14-12-10-8-6-2/h39H,5-38H2,1-4H3. The van der Waals surface area contributed by atoms with Crippen LogP contribution in [0.2, 0.25) is 0 Å². The van der Waals surface area contributed by atoms with Crippen molar-refractivity contribution in [3.8, 4) is 0 Å². The van der Waals surface area contributed by atoms with E-state index in [-0.39, 0.29) is 0 Å². The molecule has 0 aliphatic heterocycles. The molecule has 0 aliphatic carbocycles. The van der Waals surface area contributed by atoms with Crippen LogP contribution >= 0.6 is 0 Å². The molecule has 0 aliphatic rings. The highest BCUT2D eigenvalue weighted by molar-refractivity contribution is 4.61. The van der Waals surface area contributed by atoms with Gasteiger partial charge < -0.3 is 4.90 Å². The fourth-order valence-electron chi connectivity index (χ4n) is 6.28. The number of rotatable bonds is 35. The van der Waals surface area contributed by atoms with Gasteiger partial charge in [0.05, 0.1) is 0 Å². The van der Waals surface area contributed by atoms with Crippen molar-refractivity contribution in [2.24, 2.45) is 5.92 Å². The van der Waals surface area contributed by atoms with E-state index < -0.39 is 0 Å². The summed E-state index contributed by atoms with van der Waals surface area (Å²) >= 11 is 0. The Morgan fingerprint density at radius 3 is 0.775 bits per heavy atom. The molecular formula is C39H81N. The number of nitrogens with zero attached hydrogens (tertiary/aromatic N) is 1. The van der Waals surface area contributed by atoms with E-state index in [9.17, 15) is 0 Å². The fraction of sp³-hybridized carbons (Fsp3) is 1.00. The average Bonchev–Trinajstić information content (AvgIpc) is 2.94. The van der Waals surface area contributed by atoms with Gasteiger partial charge in [0.1, 0.15) is 0 Å². The minimum atomic E-state index is 0.884. The lowest BCUT2D eigenvalue weighted by Crippen LogP contribution is -2.27. The van der Waals surface area contributed by atoms with Gasteiger partial charge >= 0.3 is 0 Å². The summed E-state index contributed by atoms with van der Waals surface area (Å²) in [4.78, 5) is 2.85. The topological polar surface area (TPSA) is 3.24 Å². The van der Waals surface area contributed by atoms with Crippen LogP contribution in [0.5, 0.6) is 0 Å². The van der Waals surface area contributed by atoms with Crippen LogP contribution in [0.15, 0.2) is 0 Å². The zero-order valence-electron chi connectivity index (χ0n) is 29.1. The molecule has 0 atom stereocenters. The summed E-state index contributed by atoms with van der Waals surface area (Å²) in [6, 6.07) is 0. The summed E-state index contributed by atoms with van der Waals surface area (Å²) in [6.07, 6.45) is 45.1. The van der Waals surface area contributed by atoms with Crippen LogP contribution in [-0.2, 0) is 0 Å². The predicted molar refractivity (Wildman–Crippen MR) is 186 cm³/mol. The van der Waals surface area contributed by atoms with Crippen molar-refractivity contribution >= 4 is 0 Å². The molecule has 0 aromatic carbocycles. The summed E-state index contributed by atoms with van der Waals surface area (Å²) < 4.78 is 0. The molecule has 0 rings (SSSR count). The minimum absolute atomic E-state index is 0.884. The lowest BCUT2D eigenvalue weighted by molar-refractivity contribution is 0.254. The molecule has 40 heavy (non-hydrogen) atoms. The van der Waals surface area contributed by atoms with Crippen LogP contribution in [0.25, 0.3) is 0 Å². The lowest BCUT2D eigenvalue weighted by Gasteiger charge is -2.22. The highest BCUT2D eigenvalue weighted by Crippen LogP contribution is 2.15. The molecular weight excluding hydrogens is 482 g/mol. The van der Waals surface area contributed by atoms with E-state index in [1.54, 1.807) is 0 Å². The zero-order valence-corrected chi connectivity index (χ0v) is 29.1. The molecule has 0 radical (unpaired) electrons. The SMILES string of the molecule is CCCCCCCCCCCCCCN(CCCCCCCCCCCCCC)CCCCCCCCC(C)C. The second-order valence-electron chi connectivity index (χ2n) is 13.9. The smallest absolute Gasteiger partial charge is 0.00187 e. The Balaban J connectivity index is 3.88. The molecule has 0 spiro atoms. The maximum Gasteiger partial charge on any atom is -0.00187 e. The van der Waals surface area contributed by atoms with E-state index in [1.807, 2.05) is 0 Å². The van der Waals surface area contributed by atoms with Crippen LogP contribution < -0.4 is 0 Å². The molecule has 0 amide bonds. The van der Waals surface area contributed by atoms with E-state index in [4.69, 9.17) is 0 Å². The van der Waals surface area contributed by atoms with Gasteiger partial charge in [-0.1, -0.05) is 207 Å². The third kappa shape index (κ3) is 34.2. The van der Waals surface area contributed by atoms with E-state index in [0.29, 0.717) is 0 Å². The summed E-state index contributed by atoms with van der Waals surface area (Å²) in [6.45, 7) is 13.4. The number of hydrogen-bond acceptors (Lipinski definition) is 1. The Bertz CT molecular complexity index is 403. The van der Waals surface area contributed by atoms with Gasteiger partial charge in [-0.25, -0.2) is 0 Å². The molecule has 1 heteroatoms. The second-order valence-corrected chi connectivity index (χ2v) is 13.9. The fourth-order valence-corrected chi connectivity index (χ4v) is 6.28. The third-order valence-electron chi connectivity index (χ3n) is 9.16. The molecule has 0 bridgehead atoms. The van der Waals surface area contributed by atoms with Gasteiger partial charge in [0.2, 0.25) is 0 Å². The average molecular weight is 564 g/mol. The highest BCUT2D eigenvalue weighted by Gasteiger charge is 2.05. The van der Waals surface area contributed by atoms with Crippen LogP contribution in [0.1, 0.15) is 227 Å². The van der Waals surface area contributed by atoms with E-state index in [2.05, 4.69) is 32.6 Å². The maximum atomic E-state index is 2.85. The first kappa shape index (κ1) is 40.0. The summed E-state index contributed by atoms with van der Waals surface area (Å²) in [7, 11) is 0. The van der Waals surface area contributed by atoms with Gasteiger partial charge in [-0.15, -0.1) is 0 Å². The first-order valence-electron chi connectivity index (χ1n) is 19.4. The molecule has 242 valence electrons. The van der Waals surface area contributed by atoms with Gasteiger partial charge in [0, 0.05) is 0 Å². The Hall–Kier alpha value is -0.0400. The van der Waals surface area contributed by atoms with E-state index >= 15 is 0 Å². The summed E-state index contributed by atoms with van der Waals surface area (Å²) in [5, 5.41) is 0. The normalized spacial score (nSPS) is 11.8. The Labute approximate surface area is 256 Å². The molecule has 1 nitrogen and oxygen atoms in total. The predicted octanol–water partition coefficient (Wildman–Crippen LogP) is 14.1. The number of hydrogen-bond donors (Lipinski definition) is 0. The van der Waals surface area contributed by atoms with Crippen molar-refractivity contribution in [2.45, 2.75) is 227 Å². The molecule has 0 saturated heterocycles. The monoisotopic (exact) mass is 564 g/mol. The van der Waals surface area contributed by atoms with Crippen molar-refractivity contribution in [1.82, 2.24) is 4.90 Å². The van der Waals surface area contributed by atoms with Crippen molar-refractivity contribution in [1.29, 1.82) is 0 Å². The van der Waals surface area contributed by atoms with Gasteiger partial charge in [-0.3, -0.25) is 0 Å². The van der Waals surface area contributed by atoms with Crippen LogP contribution in [0.4, 0.5) is 0 Å². The van der Waals surface area contributed by atoms with Crippen LogP contribution in [-0.4, -0.2) is 24.5 Å².